The summed E-state index contributed by atoms with van der Waals surface area (Å²) in [5.74, 6) is 0.772. The van der Waals surface area contributed by atoms with Crippen LogP contribution in [0.5, 0.6) is 0 Å². The van der Waals surface area contributed by atoms with E-state index in [1.165, 1.54) is 11.3 Å². The standard InChI is InChI=1S/C18H29N3O2S/c1-18(2,3)15-12-24-17(19-15)20-16(22)14-5-4-8-21(14)11-13-6-9-23-10-7-13/h12-14H,4-11H2,1-3H3,(H,19,20,22)/t14-/m0/s1. The van der Waals surface area contributed by atoms with E-state index in [0.717, 1.165) is 62.8 Å². The summed E-state index contributed by atoms with van der Waals surface area (Å²) in [4.78, 5) is 19.7. The maximum absolute atomic E-state index is 12.7. The Morgan fingerprint density at radius 1 is 1.38 bits per heavy atom. The van der Waals surface area contributed by atoms with Crippen molar-refractivity contribution in [3.8, 4) is 0 Å². The minimum absolute atomic E-state index is 0.00479. The highest BCUT2D eigenvalue weighted by atomic mass is 32.1. The van der Waals surface area contributed by atoms with E-state index >= 15 is 0 Å². The zero-order chi connectivity index (χ0) is 17.2. The third-order valence-corrected chi connectivity index (χ3v) is 5.76. The van der Waals surface area contributed by atoms with Gasteiger partial charge in [-0.15, -0.1) is 11.3 Å². The van der Waals surface area contributed by atoms with E-state index in [4.69, 9.17) is 4.74 Å². The summed E-state index contributed by atoms with van der Waals surface area (Å²) >= 11 is 1.52. The zero-order valence-electron chi connectivity index (χ0n) is 15.0. The number of nitrogens with one attached hydrogen (secondary N) is 1. The first-order valence-corrected chi connectivity index (χ1v) is 9.90. The summed E-state index contributed by atoms with van der Waals surface area (Å²) in [7, 11) is 0. The molecule has 24 heavy (non-hydrogen) atoms. The highest BCUT2D eigenvalue weighted by Gasteiger charge is 2.33. The SMILES string of the molecule is CC(C)(C)c1csc(NC(=O)[C@@H]2CCCN2CC2CCOCC2)n1. The second-order valence-corrected chi connectivity index (χ2v) is 8.84. The van der Waals surface area contributed by atoms with E-state index in [2.05, 4.69) is 36.0 Å². The van der Waals surface area contributed by atoms with Crippen molar-refractivity contribution in [3.05, 3.63) is 11.1 Å². The smallest absolute Gasteiger partial charge is 0.243 e. The predicted octanol–water partition coefficient (Wildman–Crippen LogP) is 3.27. The van der Waals surface area contributed by atoms with Crippen LogP contribution in [0.2, 0.25) is 0 Å². The van der Waals surface area contributed by atoms with E-state index in [1.807, 2.05) is 5.38 Å². The molecule has 6 heteroatoms. The van der Waals surface area contributed by atoms with Gasteiger partial charge < -0.3 is 10.1 Å². The number of carbonyl (C=O) groups is 1. The fraction of sp³-hybridized carbons (Fsp3) is 0.778. The van der Waals surface area contributed by atoms with Gasteiger partial charge in [0.2, 0.25) is 5.91 Å². The Morgan fingerprint density at radius 3 is 2.79 bits per heavy atom. The van der Waals surface area contributed by atoms with Gasteiger partial charge in [-0.25, -0.2) is 4.98 Å². The number of anilines is 1. The van der Waals surface area contributed by atoms with Gasteiger partial charge in [0, 0.05) is 30.6 Å². The second kappa shape index (κ2) is 7.50. The fourth-order valence-corrected chi connectivity index (χ4v) is 4.41. The molecule has 0 spiro atoms. The molecular formula is C18H29N3O2S. The van der Waals surface area contributed by atoms with Gasteiger partial charge in [0.1, 0.15) is 0 Å². The number of nitrogens with zero attached hydrogens (tertiary/aromatic N) is 2. The lowest BCUT2D eigenvalue weighted by molar-refractivity contribution is -0.120. The van der Waals surface area contributed by atoms with Crippen molar-refractivity contribution in [1.29, 1.82) is 0 Å². The first-order chi connectivity index (χ1) is 11.4. The topological polar surface area (TPSA) is 54.5 Å². The Hall–Kier alpha value is -0.980. The molecule has 2 fully saturated rings. The molecule has 1 aromatic heterocycles. The van der Waals surface area contributed by atoms with Crippen LogP contribution in [0.25, 0.3) is 0 Å². The van der Waals surface area contributed by atoms with Crippen LogP contribution in [0, 0.1) is 5.92 Å². The number of likely N-dealkylation sites (tertiary alicyclic amines) is 1. The van der Waals surface area contributed by atoms with E-state index < -0.39 is 0 Å². The molecule has 1 atom stereocenters. The van der Waals surface area contributed by atoms with Crippen molar-refractivity contribution in [2.75, 3.05) is 31.6 Å². The van der Waals surface area contributed by atoms with Crippen LogP contribution in [0.3, 0.4) is 0 Å². The molecule has 0 radical (unpaired) electrons. The van der Waals surface area contributed by atoms with Crippen molar-refractivity contribution in [3.63, 3.8) is 0 Å². The monoisotopic (exact) mass is 351 g/mol. The lowest BCUT2D eigenvalue weighted by Gasteiger charge is -2.30. The fourth-order valence-electron chi connectivity index (χ4n) is 3.47. The summed E-state index contributed by atoms with van der Waals surface area (Å²) in [5, 5.41) is 5.82. The molecule has 0 unspecified atom stereocenters. The quantitative estimate of drug-likeness (QED) is 0.904. The van der Waals surface area contributed by atoms with E-state index in [0.29, 0.717) is 5.92 Å². The predicted molar refractivity (Wildman–Crippen MR) is 97.6 cm³/mol. The molecule has 0 saturated carbocycles. The van der Waals surface area contributed by atoms with Gasteiger partial charge in [0.05, 0.1) is 11.7 Å². The lowest BCUT2D eigenvalue weighted by Crippen LogP contribution is -2.42. The molecule has 134 valence electrons. The number of amides is 1. The Morgan fingerprint density at radius 2 is 2.12 bits per heavy atom. The second-order valence-electron chi connectivity index (χ2n) is 7.99. The van der Waals surface area contributed by atoms with Gasteiger partial charge in [-0.1, -0.05) is 20.8 Å². The third kappa shape index (κ3) is 4.35. The number of hydrogen-bond donors (Lipinski definition) is 1. The van der Waals surface area contributed by atoms with Crippen molar-refractivity contribution in [1.82, 2.24) is 9.88 Å². The molecular weight excluding hydrogens is 322 g/mol. The van der Waals surface area contributed by atoms with Crippen LogP contribution in [-0.4, -0.2) is 48.1 Å². The van der Waals surface area contributed by atoms with Crippen LogP contribution in [0.15, 0.2) is 5.38 Å². The summed E-state index contributed by atoms with van der Waals surface area (Å²) in [5.41, 5.74) is 1.05. The molecule has 2 aliphatic heterocycles. The van der Waals surface area contributed by atoms with Crippen molar-refractivity contribution < 1.29 is 9.53 Å². The van der Waals surface area contributed by atoms with Crippen LogP contribution in [0.1, 0.15) is 52.1 Å². The zero-order valence-corrected chi connectivity index (χ0v) is 15.8. The van der Waals surface area contributed by atoms with Gasteiger partial charge in [-0.2, -0.15) is 0 Å². The number of rotatable bonds is 4. The Balaban J connectivity index is 1.58. The maximum atomic E-state index is 12.7. The van der Waals surface area contributed by atoms with E-state index in [-0.39, 0.29) is 17.4 Å². The van der Waals surface area contributed by atoms with Gasteiger partial charge in [-0.05, 0) is 38.1 Å². The molecule has 1 N–H and O–H groups in total. The number of hydrogen-bond acceptors (Lipinski definition) is 5. The van der Waals surface area contributed by atoms with Gasteiger partial charge in [-0.3, -0.25) is 9.69 Å². The Bertz CT molecular complexity index is 561. The minimum atomic E-state index is -0.00479. The van der Waals surface area contributed by atoms with E-state index in [9.17, 15) is 4.79 Å². The molecule has 5 nitrogen and oxygen atoms in total. The number of thiazole rings is 1. The van der Waals surface area contributed by atoms with Crippen molar-refractivity contribution in [2.45, 2.75) is 57.9 Å². The summed E-state index contributed by atoms with van der Waals surface area (Å²) in [6.07, 6.45) is 4.29. The lowest BCUT2D eigenvalue weighted by atomic mass is 9.93. The Labute approximate surface area is 148 Å². The van der Waals surface area contributed by atoms with Crippen molar-refractivity contribution >= 4 is 22.4 Å². The first kappa shape index (κ1) is 17.8. The van der Waals surface area contributed by atoms with Gasteiger partial charge in [0.15, 0.2) is 5.13 Å². The number of carbonyl (C=O) groups excluding carboxylic acids is 1. The summed E-state index contributed by atoms with van der Waals surface area (Å²) < 4.78 is 5.44. The number of ether oxygens (including phenoxy) is 1. The largest absolute Gasteiger partial charge is 0.381 e. The number of aromatic nitrogens is 1. The maximum Gasteiger partial charge on any atom is 0.243 e. The van der Waals surface area contributed by atoms with Gasteiger partial charge >= 0.3 is 0 Å². The van der Waals surface area contributed by atoms with Crippen molar-refractivity contribution in [2.24, 2.45) is 5.92 Å². The third-order valence-electron chi connectivity index (χ3n) is 5.00. The average molecular weight is 352 g/mol. The van der Waals surface area contributed by atoms with Crippen LogP contribution in [-0.2, 0) is 14.9 Å². The summed E-state index contributed by atoms with van der Waals surface area (Å²) in [6.45, 7) is 10.2. The van der Waals surface area contributed by atoms with Crippen LogP contribution < -0.4 is 5.32 Å². The molecule has 2 saturated heterocycles. The molecule has 3 heterocycles. The average Bonchev–Trinajstić information content (AvgIpc) is 3.17. The molecule has 0 bridgehead atoms. The minimum Gasteiger partial charge on any atom is -0.381 e. The Kier molecular flexibility index (Phi) is 5.57. The summed E-state index contributed by atoms with van der Waals surface area (Å²) in [6, 6.07) is -0.00479. The van der Waals surface area contributed by atoms with Gasteiger partial charge in [0.25, 0.3) is 0 Å². The molecule has 0 aliphatic carbocycles. The normalized spacial score (nSPS) is 23.5. The molecule has 2 aliphatic rings. The highest BCUT2D eigenvalue weighted by Crippen LogP contribution is 2.28. The molecule has 1 amide bonds. The molecule has 1 aromatic rings. The first-order valence-electron chi connectivity index (χ1n) is 9.02. The molecule has 0 aromatic carbocycles. The van der Waals surface area contributed by atoms with E-state index in [1.54, 1.807) is 0 Å². The van der Waals surface area contributed by atoms with Crippen LogP contribution in [0.4, 0.5) is 5.13 Å². The molecule has 3 rings (SSSR count). The van der Waals surface area contributed by atoms with Crippen LogP contribution >= 0.6 is 11.3 Å². The highest BCUT2D eigenvalue weighted by molar-refractivity contribution is 7.14.